The minimum Gasteiger partial charge on any atom is -0.507 e. The number of nitrogens with zero attached hydrogens (tertiary/aromatic N) is 4. The molecule has 0 unspecified atom stereocenters. The molecule has 1 N–H and O–H groups in total. The van der Waals surface area contributed by atoms with Gasteiger partial charge in [0.05, 0.1) is 39.0 Å². The molecule has 0 aliphatic carbocycles. The van der Waals surface area contributed by atoms with Crippen LogP contribution in [0.1, 0.15) is 52.7 Å². The second kappa shape index (κ2) is 14.5. The monoisotopic (exact) mass is 792 g/mol. The normalized spacial score (nSPS) is 12.2. The molecule has 61 heavy (non-hydrogen) atoms. The maximum Gasteiger partial charge on any atom is 0.149 e. The molecule has 10 rings (SSSR count). The Bertz CT molecular complexity index is 3250. The van der Waals surface area contributed by atoms with Gasteiger partial charge in [0.25, 0.3) is 0 Å². The third kappa shape index (κ3) is 6.49. The molecule has 0 aliphatic heterocycles. The number of aromatic nitrogens is 4. The van der Waals surface area contributed by atoms with Gasteiger partial charge in [-0.15, -0.1) is 0 Å². The lowest BCUT2D eigenvalue weighted by Crippen LogP contribution is -2.17. The second-order valence-corrected chi connectivity index (χ2v) is 18.1. The highest BCUT2D eigenvalue weighted by molar-refractivity contribution is 6.17. The van der Waals surface area contributed by atoms with E-state index in [0.717, 1.165) is 83.5 Å². The van der Waals surface area contributed by atoms with Gasteiger partial charge in [0, 0.05) is 44.9 Å². The SMILES string of the molecule is CC(C)(C)c1cc(-c2nc3c(-c4cc(-c5ccccn5)c5c6ccccc6n(-c6ccccc6)c5c4)cccc3n2-c2ccccc2-c2ccccc2)c(O)c(C(C)(C)C)c1. The molecule has 0 amide bonds. The van der Waals surface area contributed by atoms with Crippen LogP contribution < -0.4 is 0 Å². The van der Waals surface area contributed by atoms with Gasteiger partial charge < -0.3 is 9.67 Å². The summed E-state index contributed by atoms with van der Waals surface area (Å²) in [5.41, 5.74) is 14.4. The molecule has 0 atom stereocenters. The standard InChI is InChI=1S/C56H48N4O/c1-55(2,3)38-34-44(53(61)45(35-38)56(4,5)6)54-58-52-41(26-19-30-49(52)60(54)47-28-15-13-24-40(47)36-20-9-7-10-21-36)37-32-43(46-27-17-18-31-57-46)51-42-25-14-16-29-48(42)59(50(51)33-37)39-22-11-8-12-23-39/h7-35,61H,1-6H3. The summed E-state index contributed by atoms with van der Waals surface area (Å²) in [6.07, 6.45) is 1.87. The summed E-state index contributed by atoms with van der Waals surface area (Å²) >= 11 is 0. The van der Waals surface area contributed by atoms with E-state index < -0.39 is 0 Å². The molecule has 10 aromatic rings. The highest BCUT2D eigenvalue weighted by Crippen LogP contribution is 2.47. The average molecular weight is 793 g/mol. The van der Waals surface area contributed by atoms with Crippen LogP contribution in [-0.4, -0.2) is 24.2 Å². The van der Waals surface area contributed by atoms with Gasteiger partial charge >= 0.3 is 0 Å². The van der Waals surface area contributed by atoms with E-state index in [1.165, 1.54) is 5.39 Å². The zero-order chi connectivity index (χ0) is 42.0. The molecular formula is C56H48N4O. The van der Waals surface area contributed by atoms with E-state index in [4.69, 9.17) is 9.97 Å². The van der Waals surface area contributed by atoms with Gasteiger partial charge in [-0.3, -0.25) is 9.55 Å². The van der Waals surface area contributed by atoms with Crippen molar-refractivity contribution in [1.82, 2.24) is 19.1 Å². The quantitative estimate of drug-likeness (QED) is 0.182. The number of phenols is 1. The summed E-state index contributed by atoms with van der Waals surface area (Å²) in [5.74, 6) is 0.936. The molecule has 5 heteroatoms. The molecule has 7 aromatic carbocycles. The highest BCUT2D eigenvalue weighted by Gasteiger charge is 2.29. The molecule has 5 nitrogen and oxygen atoms in total. The van der Waals surface area contributed by atoms with Crippen LogP contribution in [0.5, 0.6) is 5.75 Å². The molecule has 0 spiro atoms. The lowest BCUT2D eigenvalue weighted by molar-refractivity contribution is 0.446. The van der Waals surface area contributed by atoms with Crippen molar-refractivity contribution in [2.75, 3.05) is 0 Å². The summed E-state index contributed by atoms with van der Waals surface area (Å²) in [6.45, 7) is 13.2. The van der Waals surface area contributed by atoms with Crippen molar-refractivity contribution in [2.45, 2.75) is 52.4 Å². The van der Waals surface area contributed by atoms with Crippen LogP contribution >= 0.6 is 0 Å². The van der Waals surface area contributed by atoms with Crippen LogP contribution in [-0.2, 0) is 10.8 Å². The Hall–Kier alpha value is -7.24. The van der Waals surface area contributed by atoms with E-state index in [1.54, 1.807) is 0 Å². The number of aromatic hydroxyl groups is 1. The van der Waals surface area contributed by atoms with Crippen LogP contribution in [0.25, 0.3) is 89.1 Å². The predicted octanol–water partition coefficient (Wildman–Crippen LogP) is 14.5. The number of fused-ring (bicyclic) bond motifs is 4. The van der Waals surface area contributed by atoms with Crippen molar-refractivity contribution < 1.29 is 5.11 Å². The Labute approximate surface area is 357 Å². The number of benzene rings is 7. The van der Waals surface area contributed by atoms with E-state index in [2.05, 4.69) is 208 Å². The molecule has 3 aromatic heterocycles. The first kappa shape index (κ1) is 38.0. The molecule has 0 saturated heterocycles. The van der Waals surface area contributed by atoms with Crippen molar-refractivity contribution >= 4 is 32.8 Å². The molecule has 0 fully saturated rings. The number of hydrogen-bond donors (Lipinski definition) is 1. The molecule has 0 radical (unpaired) electrons. The molecule has 0 aliphatic rings. The van der Waals surface area contributed by atoms with Gasteiger partial charge in [-0.05, 0) is 88.2 Å². The minimum absolute atomic E-state index is 0.180. The first-order valence-corrected chi connectivity index (χ1v) is 21.1. The summed E-state index contributed by atoms with van der Waals surface area (Å²) in [6, 6.07) is 59.8. The molecule has 3 heterocycles. The van der Waals surface area contributed by atoms with Crippen molar-refractivity contribution in [3.63, 3.8) is 0 Å². The van der Waals surface area contributed by atoms with E-state index in [1.807, 2.05) is 18.3 Å². The van der Waals surface area contributed by atoms with Crippen LogP contribution in [0.15, 0.2) is 176 Å². The average Bonchev–Trinajstić information content (AvgIpc) is 3.82. The number of hydrogen-bond acceptors (Lipinski definition) is 3. The Kier molecular flexibility index (Phi) is 9.03. The highest BCUT2D eigenvalue weighted by atomic mass is 16.3. The number of imidazole rings is 1. The molecule has 298 valence electrons. The maximum atomic E-state index is 12.5. The largest absolute Gasteiger partial charge is 0.507 e. The fraction of sp³-hybridized carbons (Fsp3) is 0.143. The van der Waals surface area contributed by atoms with Gasteiger partial charge in [0.2, 0.25) is 0 Å². The lowest BCUT2D eigenvalue weighted by atomic mass is 9.79. The van der Waals surface area contributed by atoms with Crippen LogP contribution in [0.4, 0.5) is 0 Å². The first-order chi connectivity index (χ1) is 29.5. The molecule has 0 bridgehead atoms. The summed E-state index contributed by atoms with van der Waals surface area (Å²) in [7, 11) is 0. The van der Waals surface area contributed by atoms with Gasteiger partial charge in [-0.1, -0.05) is 151 Å². The van der Waals surface area contributed by atoms with Crippen molar-refractivity contribution in [2.24, 2.45) is 0 Å². The van der Waals surface area contributed by atoms with Gasteiger partial charge in [-0.25, -0.2) is 4.98 Å². The smallest absolute Gasteiger partial charge is 0.149 e. The molecular weight excluding hydrogens is 745 g/mol. The lowest BCUT2D eigenvalue weighted by Gasteiger charge is -2.27. The Morgan fingerprint density at radius 2 is 1.16 bits per heavy atom. The fourth-order valence-electron chi connectivity index (χ4n) is 8.93. The van der Waals surface area contributed by atoms with Crippen LogP contribution in [0.2, 0.25) is 0 Å². The topological polar surface area (TPSA) is 55.9 Å². The van der Waals surface area contributed by atoms with E-state index in [9.17, 15) is 5.11 Å². The Morgan fingerprint density at radius 3 is 1.90 bits per heavy atom. The predicted molar refractivity (Wildman–Crippen MR) is 254 cm³/mol. The zero-order valence-corrected chi connectivity index (χ0v) is 35.5. The van der Waals surface area contributed by atoms with Crippen LogP contribution in [0.3, 0.4) is 0 Å². The summed E-state index contributed by atoms with van der Waals surface area (Å²) in [4.78, 5) is 10.6. The maximum absolute atomic E-state index is 12.5. The second-order valence-electron chi connectivity index (χ2n) is 18.1. The number of rotatable bonds is 6. The third-order valence-corrected chi connectivity index (χ3v) is 12.0. The van der Waals surface area contributed by atoms with Gasteiger partial charge in [0.15, 0.2) is 0 Å². The third-order valence-electron chi connectivity index (χ3n) is 12.0. The van der Waals surface area contributed by atoms with Crippen molar-refractivity contribution in [3.05, 3.63) is 187 Å². The Morgan fingerprint density at radius 1 is 0.492 bits per heavy atom. The number of phenolic OH excluding ortho intramolecular Hbond substituents is 1. The molecule has 0 saturated carbocycles. The minimum atomic E-state index is -0.321. The van der Waals surface area contributed by atoms with Gasteiger partial charge in [0.1, 0.15) is 11.6 Å². The van der Waals surface area contributed by atoms with Crippen molar-refractivity contribution in [1.29, 1.82) is 0 Å². The van der Waals surface area contributed by atoms with Crippen LogP contribution in [0, 0.1) is 0 Å². The van der Waals surface area contributed by atoms with E-state index >= 15 is 0 Å². The number of para-hydroxylation sites is 4. The van der Waals surface area contributed by atoms with Gasteiger partial charge in [-0.2, -0.15) is 0 Å². The van der Waals surface area contributed by atoms with E-state index in [-0.39, 0.29) is 16.6 Å². The van der Waals surface area contributed by atoms with E-state index in [0.29, 0.717) is 11.4 Å². The summed E-state index contributed by atoms with van der Waals surface area (Å²) in [5, 5.41) is 14.8. The van der Waals surface area contributed by atoms with Crippen molar-refractivity contribution in [3.8, 4) is 62.0 Å². The zero-order valence-electron chi connectivity index (χ0n) is 35.5. The first-order valence-electron chi connectivity index (χ1n) is 21.1. The summed E-state index contributed by atoms with van der Waals surface area (Å²) < 4.78 is 4.62. The number of pyridine rings is 1. The Balaban J connectivity index is 1.34. The fourth-order valence-corrected chi connectivity index (χ4v) is 8.93.